The number of amides is 1. The summed E-state index contributed by atoms with van der Waals surface area (Å²) in [6.07, 6.45) is 1.52. The molecule has 2 rings (SSSR count). The van der Waals surface area contributed by atoms with Gasteiger partial charge in [0.05, 0.1) is 18.7 Å². The topological polar surface area (TPSA) is 135 Å². The fraction of sp³-hybridized carbons (Fsp3) is 0.526. The first-order valence-corrected chi connectivity index (χ1v) is 10.6. The van der Waals surface area contributed by atoms with Gasteiger partial charge in [-0.2, -0.15) is 5.26 Å². The van der Waals surface area contributed by atoms with Gasteiger partial charge < -0.3 is 14.8 Å². The summed E-state index contributed by atoms with van der Waals surface area (Å²) < 4.78 is 37.6. The Morgan fingerprint density at radius 3 is 2.52 bits per heavy atom. The first-order valence-electron chi connectivity index (χ1n) is 9.12. The number of carbonyl (C=O) groups is 2. The number of nitrogens with zero attached hydrogens (tertiary/aromatic N) is 1. The standard InChI is InChI=1S/C19H25N3O6S/c1-12(2)19(3,11-20)21-17(23)10-28-18(24)13-5-8-15(27-4)16(9-13)29(25,26)22-14-6-7-14/h5,8-9,12,14,22H,6-7,10H2,1-4H3,(H,21,23)/t19-/m1/s1. The van der Waals surface area contributed by atoms with Crippen molar-refractivity contribution in [3.8, 4) is 11.8 Å². The zero-order valence-corrected chi connectivity index (χ0v) is 17.6. The molecule has 1 aromatic rings. The first-order chi connectivity index (χ1) is 13.5. The van der Waals surface area contributed by atoms with Crippen LogP contribution in [0.15, 0.2) is 23.1 Å². The first kappa shape index (κ1) is 22.6. The lowest BCUT2D eigenvalue weighted by Gasteiger charge is -2.27. The molecule has 0 aromatic heterocycles. The number of benzene rings is 1. The second kappa shape index (κ2) is 8.80. The summed E-state index contributed by atoms with van der Waals surface area (Å²) in [5.41, 5.74) is -1.14. The second-order valence-electron chi connectivity index (χ2n) is 7.35. The Kier molecular flexibility index (Phi) is 6.87. The van der Waals surface area contributed by atoms with Crippen LogP contribution < -0.4 is 14.8 Å². The van der Waals surface area contributed by atoms with Crippen molar-refractivity contribution in [3.63, 3.8) is 0 Å². The van der Waals surface area contributed by atoms with Crippen LogP contribution in [-0.4, -0.2) is 45.6 Å². The number of rotatable bonds is 9. The number of hydrogen-bond acceptors (Lipinski definition) is 7. The van der Waals surface area contributed by atoms with Crippen LogP contribution >= 0.6 is 0 Å². The molecule has 0 bridgehead atoms. The third kappa shape index (κ3) is 5.68. The molecular weight excluding hydrogens is 398 g/mol. The van der Waals surface area contributed by atoms with Crippen molar-refractivity contribution in [2.24, 2.45) is 5.92 Å². The number of nitriles is 1. The van der Waals surface area contributed by atoms with Crippen LogP contribution in [-0.2, 0) is 19.6 Å². The third-order valence-corrected chi connectivity index (χ3v) is 6.25. The summed E-state index contributed by atoms with van der Waals surface area (Å²) in [4.78, 5) is 24.2. The number of sulfonamides is 1. The van der Waals surface area contributed by atoms with Crippen molar-refractivity contribution in [2.75, 3.05) is 13.7 Å². The SMILES string of the molecule is COc1ccc(C(=O)OCC(=O)N[C@](C)(C#N)C(C)C)cc1S(=O)(=O)NC1CC1. The monoisotopic (exact) mass is 423 g/mol. The highest BCUT2D eigenvalue weighted by atomic mass is 32.2. The largest absolute Gasteiger partial charge is 0.495 e. The molecule has 0 saturated heterocycles. The maximum absolute atomic E-state index is 12.5. The van der Waals surface area contributed by atoms with E-state index < -0.39 is 34.0 Å². The minimum Gasteiger partial charge on any atom is -0.495 e. The van der Waals surface area contributed by atoms with Crippen molar-refractivity contribution in [3.05, 3.63) is 23.8 Å². The fourth-order valence-electron chi connectivity index (χ4n) is 2.34. The summed E-state index contributed by atoms with van der Waals surface area (Å²) in [6, 6.07) is 5.76. The molecule has 0 spiro atoms. The van der Waals surface area contributed by atoms with Crippen LogP contribution in [0, 0.1) is 17.2 Å². The number of esters is 1. The molecule has 1 atom stereocenters. The van der Waals surface area contributed by atoms with Crippen LogP contribution in [0.1, 0.15) is 44.0 Å². The lowest BCUT2D eigenvalue weighted by Crippen LogP contribution is -2.50. The van der Waals surface area contributed by atoms with Gasteiger partial charge in [-0.05, 0) is 43.9 Å². The molecule has 158 valence electrons. The van der Waals surface area contributed by atoms with Crippen LogP contribution in [0.3, 0.4) is 0 Å². The van der Waals surface area contributed by atoms with E-state index in [0.717, 1.165) is 18.9 Å². The van der Waals surface area contributed by atoms with E-state index in [1.807, 2.05) is 6.07 Å². The van der Waals surface area contributed by atoms with E-state index >= 15 is 0 Å². The van der Waals surface area contributed by atoms with Gasteiger partial charge in [0.15, 0.2) is 6.61 Å². The number of carbonyl (C=O) groups excluding carboxylic acids is 2. The summed E-state index contributed by atoms with van der Waals surface area (Å²) in [7, 11) is -2.53. The highest BCUT2D eigenvalue weighted by molar-refractivity contribution is 7.89. The van der Waals surface area contributed by atoms with Gasteiger partial charge in [-0.1, -0.05) is 13.8 Å². The average molecular weight is 423 g/mol. The molecule has 2 N–H and O–H groups in total. The number of ether oxygens (including phenoxy) is 2. The Morgan fingerprint density at radius 2 is 2.00 bits per heavy atom. The van der Waals surface area contributed by atoms with E-state index in [9.17, 15) is 23.3 Å². The van der Waals surface area contributed by atoms with Gasteiger partial charge in [-0.25, -0.2) is 17.9 Å². The Morgan fingerprint density at radius 1 is 1.34 bits per heavy atom. The Balaban J connectivity index is 2.10. The number of nitrogens with one attached hydrogen (secondary N) is 2. The molecule has 1 aliphatic carbocycles. The molecule has 0 heterocycles. The van der Waals surface area contributed by atoms with Crippen molar-refractivity contribution >= 4 is 21.9 Å². The van der Waals surface area contributed by atoms with Gasteiger partial charge in [0.2, 0.25) is 10.0 Å². The van der Waals surface area contributed by atoms with Crippen molar-refractivity contribution in [1.29, 1.82) is 5.26 Å². The zero-order chi connectivity index (χ0) is 21.8. The Bertz CT molecular complexity index is 934. The van der Waals surface area contributed by atoms with E-state index in [-0.39, 0.29) is 28.2 Å². The molecule has 1 aromatic carbocycles. The highest BCUT2D eigenvalue weighted by Crippen LogP contribution is 2.28. The molecule has 1 aliphatic rings. The summed E-state index contributed by atoms with van der Waals surface area (Å²) in [5, 5.41) is 11.8. The lowest BCUT2D eigenvalue weighted by atomic mass is 9.90. The van der Waals surface area contributed by atoms with Crippen LogP contribution in [0.4, 0.5) is 0 Å². The molecule has 0 aliphatic heterocycles. The summed E-state index contributed by atoms with van der Waals surface area (Å²) in [6.45, 7) is 4.54. The quantitative estimate of drug-likeness (QED) is 0.572. The highest BCUT2D eigenvalue weighted by Gasteiger charge is 2.32. The maximum Gasteiger partial charge on any atom is 0.338 e. The molecule has 0 radical (unpaired) electrons. The normalized spacial score (nSPS) is 15.9. The van der Waals surface area contributed by atoms with E-state index in [0.29, 0.717) is 0 Å². The van der Waals surface area contributed by atoms with Crippen molar-refractivity contribution in [2.45, 2.75) is 50.1 Å². The third-order valence-electron chi connectivity index (χ3n) is 4.71. The van der Waals surface area contributed by atoms with Crippen LogP contribution in [0.25, 0.3) is 0 Å². The van der Waals surface area contributed by atoms with Crippen LogP contribution in [0.2, 0.25) is 0 Å². The molecule has 1 amide bonds. The summed E-state index contributed by atoms with van der Waals surface area (Å²) >= 11 is 0. The summed E-state index contributed by atoms with van der Waals surface area (Å²) in [5.74, 6) is -1.56. The fourth-order valence-corrected chi connectivity index (χ4v) is 3.84. The molecular formula is C19H25N3O6S. The Labute approximate surface area is 170 Å². The second-order valence-corrected chi connectivity index (χ2v) is 9.04. The van der Waals surface area contributed by atoms with Crippen LogP contribution in [0.5, 0.6) is 5.75 Å². The lowest BCUT2D eigenvalue weighted by molar-refractivity contribution is -0.125. The molecule has 9 nitrogen and oxygen atoms in total. The molecule has 1 saturated carbocycles. The average Bonchev–Trinajstić information content (AvgIpc) is 3.48. The van der Waals surface area contributed by atoms with E-state index in [2.05, 4.69) is 10.0 Å². The Hall–Kier alpha value is -2.64. The van der Waals surface area contributed by atoms with Crippen molar-refractivity contribution in [1.82, 2.24) is 10.0 Å². The maximum atomic E-state index is 12.5. The van der Waals surface area contributed by atoms with Gasteiger partial charge in [-0.3, -0.25) is 4.79 Å². The van der Waals surface area contributed by atoms with Gasteiger partial charge in [0.1, 0.15) is 16.2 Å². The smallest absolute Gasteiger partial charge is 0.338 e. The molecule has 10 heteroatoms. The van der Waals surface area contributed by atoms with E-state index in [1.54, 1.807) is 20.8 Å². The minimum absolute atomic E-state index is 0.0401. The zero-order valence-electron chi connectivity index (χ0n) is 16.8. The predicted octanol–water partition coefficient (Wildman–Crippen LogP) is 1.35. The van der Waals surface area contributed by atoms with Gasteiger partial charge >= 0.3 is 5.97 Å². The van der Waals surface area contributed by atoms with Gasteiger partial charge in [-0.15, -0.1) is 0 Å². The van der Waals surface area contributed by atoms with E-state index in [1.165, 1.54) is 19.2 Å². The number of hydrogen-bond donors (Lipinski definition) is 2. The molecule has 0 unspecified atom stereocenters. The van der Waals surface area contributed by atoms with Crippen molar-refractivity contribution < 1.29 is 27.5 Å². The number of methoxy groups -OCH3 is 1. The van der Waals surface area contributed by atoms with E-state index in [4.69, 9.17) is 9.47 Å². The van der Waals surface area contributed by atoms with Gasteiger partial charge in [0.25, 0.3) is 5.91 Å². The molecule has 1 fully saturated rings. The van der Waals surface area contributed by atoms with Gasteiger partial charge in [0, 0.05) is 6.04 Å². The molecule has 29 heavy (non-hydrogen) atoms. The minimum atomic E-state index is -3.86. The predicted molar refractivity (Wildman–Crippen MR) is 104 cm³/mol.